The lowest BCUT2D eigenvalue weighted by Gasteiger charge is -2.26. The van der Waals surface area contributed by atoms with Crippen LogP contribution < -0.4 is 10.5 Å². The maximum atomic E-state index is 12.0. The molecule has 18 heavy (non-hydrogen) atoms. The number of rotatable bonds is 6. The number of likely N-dealkylation sites (tertiary alicyclic amines) is 1. The highest BCUT2D eigenvalue weighted by Crippen LogP contribution is 2.19. The lowest BCUT2D eigenvalue weighted by atomic mass is 10.2. The Hall–Kier alpha value is -0.700. The fourth-order valence-electron chi connectivity index (χ4n) is 2.10. The zero-order chi connectivity index (χ0) is 13.8. The molecule has 0 aliphatic carbocycles. The van der Waals surface area contributed by atoms with E-state index >= 15 is 0 Å². The minimum atomic E-state index is -3.32. The van der Waals surface area contributed by atoms with E-state index in [9.17, 15) is 13.2 Å². The van der Waals surface area contributed by atoms with Crippen molar-refractivity contribution in [3.8, 4) is 0 Å². The number of sulfonamides is 1. The van der Waals surface area contributed by atoms with Gasteiger partial charge in [-0.3, -0.25) is 4.79 Å². The molecule has 1 saturated heterocycles. The van der Waals surface area contributed by atoms with E-state index in [2.05, 4.69) is 4.72 Å². The van der Waals surface area contributed by atoms with Crippen molar-refractivity contribution in [2.45, 2.75) is 24.9 Å². The number of nitrogens with two attached hydrogens (primary N) is 1. The average molecular weight is 279 g/mol. The number of carbonyl (C=O) groups is 1. The highest BCUT2D eigenvalue weighted by Gasteiger charge is 2.34. The smallest absolute Gasteiger partial charge is 0.242 e. The number of carbonyl (C=O) groups excluding carboxylic acids is 1. The Balaban J connectivity index is 2.67. The van der Waals surface area contributed by atoms with Gasteiger partial charge in [-0.25, -0.2) is 13.1 Å². The third kappa shape index (κ3) is 3.91. The Labute approximate surface area is 108 Å². The third-order valence-corrected chi connectivity index (χ3v) is 4.49. The van der Waals surface area contributed by atoms with E-state index in [4.69, 9.17) is 10.5 Å². The standard InChI is InChI=1S/C10H21N3O4S/c1-12-18(15,16)7-8-4-3-5-13(8)10(14)9(11)6-17-2/h8-9,12H,3-7,11H2,1-2H3. The number of hydrogen-bond donors (Lipinski definition) is 2. The predicted molar refractivity (Wildman–Crippen MR) is 67.4 cm³/mol. The molecule has 1 heterocycles. The fourth-order valence-corrected chi connectivity index (χ4v) is 3.12. The summed E-state index contributed by atoms with van der Waals surface area (Å²) in [4.78, 5) is 13.6. The van der Waals surface area contributed by atoms with Gasteiger partial charge in [0.1, 0.15) is 6.04 Å². The van der Waals surface area contributed by atoms with Crippen LogP contribution in [0, 0.1) is 0 Å². The quantitative estimate of drug-likeness (QED) is 0.616. The summed E-state index contributed by atoms with van der Waals surface area (Å²) in [6.07, 6.45) is 1.49. The molecule has 1 aliphatic rings. The van der Waals surface area contributed by atoms with Crippen LogP contribution in [-0.4, -0.2) is 64.4 Å². The van der Waals surface area contributed by atoms with Gasteiger partial charge in [-0.15, -0.1) is 0 Å². The highest BCUT2D eigenvalue weighted by molar-refractivity contribution is 7.89. The van der Waals surface area contributed by atoms with Crippen molar-refractivity contribution >= 4 is 15.9 Å². The number of amides is 1. The monoisotopic (exact) mass is 279 g/mol. The third-order valence-electron chi connectivity index (χ3n) is 3.05. The Morgan fingerprint density at radius 1 is 1.61 bits per heavy atom. The van der Waals surface area contributed by atoms with E-state index in [1.807, 2.05) is 0 Å². The lowest BCUT2D eigenvalue weighted by Crippen LogP contribution is -2.50. The molecule has 0 aromatic heterocycles. The van der Waals surface area contributed by atoms with Crippen LogP contribution in [0.1, 0.15) is 12.8 Å². The number of ether oxygens (including phenoxy) is 1. The van der Waals surface area contributed by atoms with Crippen molar-refractivity contribution in [2.24, 2.45) is 5.73 Å². The van der Waals surface area contributed by atoms with Gasteiger partial charge < -0.3 is 15.4 Å². The summed E-state index contributed by atoms with van der Waals surface area (Å²) >= 11 is 0. The first-order valence-corrected chi connectivity index (χ1v) is 7.52. The minimum Gasteiger partial charge on any atom is -0.383 e. The van der Waals surface area contributed by atoms with Gasteiger partial charge in [0.15, 0.2) is 0 Å². The highest BCUT2D eigenvalue weighted by atomic mass is 32.2. The molecule has 0 saturated carbocycles. The van der Waals surface area contributed by atoms with Crippen LogP contribution in [0.3, 0.4) is 0 Å². The van der Waals surface area contributed by atoms with Gasteiger partial charge in [0.2, 0.25) is 15.9 Å². The summed E-state index contributed by atoms with van der Waals surface area (Å²) < 4.78 is 30.1. The molecular formula is C10H21N3O4S. The second kappa shape index (κ2) is 6.46. The van der Waals surface area contributed by atoms with E-state index in [1.54, 1.807) is 4.90 Å². The summed E-state index contributed by atoms with van der Waals surface area (Å²) in [5.74, 6) is -0.319. The molecule has 0 aromatic carbocycles. The molecule has 1 rings (SSSR count). The molecule has 0 bridgehead atoms. The van der Waals surface area contributed by atoms with Gasteiger partial charge in [-0.2, -0.15) is 0 Å². The summed E-state index contributed by atoms with van der Waals surface area (Å²) in [5, 5.41) is 0. The van der Waals surface area contributed by atoms with Crippen LogP contribution in [0.25, 0.3) is 0 Å². The zero-order valence-electron chi connectivity index (χ0n) is 10.8. The van der Waals surface area contributed by atoms with E-state index in [1.165, 1.54) is 14.2 Å². The van der Waals surface area contributed by atoms with Gasteiger partial charge in [0.05, 0.1) is 12.4 Å². The largest absolute Gasteiger partial charge is 0.383 e. The van der Waals surface area contributed by atoms with Gasteiger partial charge >= 0.3 is 0 Å². The van der Waals surface area contributed by atoms with E-state index in [0.717, 1.165) is 6.42 Å². The van der Waals surface area contributed by atoms with Crippen molar-refractivity contribution in [3.63, 3.8) is 0 Å². The predicted octanol–water partition coefficient (Wildman–Crippen LogP) is -1.50. The number of nitrogens with zero attached hydrogens (tertiary/aromatic N) is 1. The van der Waals surface area contributed by atoms with Crippen molar-refractivity contribution in [1.82, 2.24) is 9.62 Å². The van der Waals surface area contributed by atoms with Crippen LogP contribution in [-0.2, 0) is 19.6 Å². The van der Waals surface area contributed by atoms with E-state index in [-0.39, 0.29) is 24.3 Å². The topological polar surface area (TPSA) is 102 Å². The second-order valence-electron chi connectivity index (χ2n) is 4.38. The first kappa shape index (κ1) is 15.4. The molecule has 0 spiro atoms. The fraction of sp³-hybridized carbons (Fsp3) is 0.900. The molecule has 7 nitrogen and oxygen atoms in total. The van der Waals surface area contributed by atoms with Gasteiger partial charge in [0.25, 0.3) is 0 Å². The second-order valence-corrected chi connectivity index (χ2v) is 6.35. The van der Waals surface area contributed by atoms with Gasteiger partial charge in [-0.1, -0.05) is 0 Å². The van der Waals surface area contributed by atoms with Gasteiger partial charge in [-0.05, 0) is 19.9 Å². The molecule has 106 valence electrons. The Kier molecular flexibility index (Phi) is 5.51. The van der Waals surface area contributed by atoms with Crippen LogP contribution in [0.4, 0.5) is 0 Å². The number of methoxy groups -OCH3 is 1. The minimum absolute atomic E-state index is 0.0745. The summed E-state index contributed by atoms with van der Waals surface area (Å²) in [7, 11) is -0.483. The molecule has 2 atom stereocenters. The Morgan fingerprint density at radius 2 is 2.28 bits per heavy atom. The Bertz CT molecular complexity index is 385. The normalized spacial score (nSPS) is 22.2. The van der Waals surface area contributed by atoms with Crippen molar-refractivity contribution < 1.29 is 17.9 Å². The first-order valence-electron chi connectivity index (χ1n) is 5.87. The van der Waals surface area contributed by atoms with Gasteiger partial charge in [0, 0.05) is 19.7 Å². The zero-order valence-corrected chi connectivity index (χ0v) is 11.6. The molecule has 1 fully saturated rings. The number of hydrogen-bond acceptors (Lipinski definition) is 5. The average Bonchev–Trinajstić information content (AvgIpc) is 2.75. The van der Waals surface area contributed by atoms with Crippen molar-refractivity contribution in [3.05, 3.63) is 0 Å². The van der Waals surface area contributed by atoms with Crippen LogP contribution in [0.15, 0.2) is 0 Å². The SMILES string of the molecule is CNS(=O)(=O)CC1CCCN1C(=O)C(N)COC. The molecule has 0 radical (unpaired) electrons. The summed E-state index contributed by atoms with van der Waals surface area (Å²) in [6.45, 7) is 0.695. The van der Waals surface area contributed by atoms with E-state index < -0.39 is 16.1 Å². The lowest BCUT2D eigenvalue weighted by molar-refractivity contribution is -0.134. The van der Waals surface area contributed by atoms with E-state index in [0.29, 0.717) is 13.0 Å². The molecule has 2 unspecified atom stereocenters. The van der Waals surface area contributed by atoms with Crippen LogP contribution in [0.5, 0.6) is 0 Å². The molecule has 0 aromatic rings. The molecule has 1 amide bonds. The summed E-state index contributed by atoms with van der Waals surface area (Å²) in [5.41, 5.74) is 5.68. The summed E-state index contributed by atoms with van der Waals surface area (Å²) in [6, 6.07) is -1.02. The van der Waals surface area contributed by atoms with Crippen molar-refractivity contribution in [2.75, 3.05) is 33.1 Å². The van der Waals surface area contributed by atoms with Crippen LogP contribution >= 0.6 is 0 Å². The maximum absolute atomic E-state index is 12.0. The Morgan fingerprint density at radius 3 is 2.83 bits per heavy atom. The molecule has 3 N–H and O–H groups in total. The molecular weight excluding hydrogens is 258 g/mol. The molecule has 1 aliphatic heterocycles. The van der Waals surface area contributed by atoms with Crippen LogP contribution in [0.2, 0.25) is 0 Å². The number of nitrogens with one attached hydrogen (secondary N) is 1. The first-order chi connectivity index (χ1) is 8.41. The maximum Gasteiger partial charge on any atom is 0.242 e. The molecule has 8 heteroatoms. The van der Waals surface area contributed by atoms with Crippen molar-refractivity contribution in [1.29, 1.82) is 0 Å².